The topological polar surface area (TPSA) is 88.7 Å². The van der Waals surface area contributed by atoms with Crippen LogP contribution >= 0.6 is 0 Å². The summed E-state index contributed by atoms with van der Waals surface area (Å²) in [5.74, 6) is 0.191. The molecule has 1 aromatic heterocycles. The predicted molar refractivity (Wildman–Crippen MR) is 131 cm³/mol. The van der Waals surface area contributed by atoms with E-state index in [0.29, 0.717) is 54.6 Å². The third-order valence-electron chi connectivity index (χ3n) is 6.79. The number of rotatable bonds is 7. The van der Waals surface area contributed by atoms with Gasteiger partial charge in [0, 0.05) is 37.0 Å². The Morgan fingerprint density at radius 3 is 2.57 bits per heavy atom. The maximum absolute atomic E-state index is 14.6. The monoisotopic (exact) mass is 473 g/mol. The second-order valence-electron chi connectivity index (χ2n) is 9.34. The van der Waals surface area contributed by atoms with Gasteiger partial charge < -0.3 is 15.7 Å². The summed E-state index contributed by atoms with van der Waals surface area (Å²) in [5.41, 5.74) is 9.52. The van der Waals surface area contributed by atoms with Gasteiger partial charge in [-0.1, -0.05) is 24.3 Å². The van der Waals surface area contributed by atoms with E-state index in [1.165, 1.54) is 30.5 Å². The number of nitrogens with two attached hydrogens (primary N) is 1. The van der Waals surface area contributed by atoms with Gasteiger partial charge in [0.15, 0.2) is 5.69 Å². The van der Waals surface area contributed by atoms with Gasteiger partial charge in [-0.05, 0) is 61.8 Å². The molecule has 2 heterocycles. The van der Waals surface area contributed by atoms with Crippen LogP contribution in [0.15, 0.2) is 42.5 Å². The van der Waals surface area contributed by atoms with E-state index in [0.717, 1.165) is 12.1 Å². The first-order valence-corrected chi connectivity index (χ1v) is 12.0. The highest BCUT2D eigenvalue weighted by Crippen LogP contribution is 2.40. The number of aliphatic hydroxyl groups is 1. The minimum atomic E-state index is -0.633. The van der Waals surface area contributed by atoms with Crippen molar-refractivity contribution in [2.24, 2.45) is 5.73 Å². The molecule has 1 aliphatic heterocycles. The van der Waals surface area contributed by atoms with Crippen molar-refractivity contribution in [1.29, 1.82) is 0 Å². The molecule has 0 unspecified atom stereocenters. The van der Waals surface area contributed by atoms with Gasteiger partial charge in [-0.2, -0.15) is 0 Å². The largest absolute Gasteiger partial charge is 0.396 e. The molecule has 35 heavy (non-hydrogen) atoms. The first kappa shape index (κ1) is 23.2. The molecule has 1 saturated heterocycles. The van der Waals surface area contributed by atoms with E-state index < -0.39 is 5.82 Å². The van der Waals surface area contributed by atoms with Crippen LogP contribution in [0.25, 0.3) is 21.9 Å². The number of aromatic nitrogens is 2. The molecule has 5 rings (SSSR count). The predicted octanol–water partition coefficient (Wildman–Crippen LogP) is 4.20. The number of hydrogen-bond donors (Lipinski definition) is 2. The number of hydrogen-bond acceptors (Lipinski definition) is 4. The Bertz CT molecular complexity index is 1290. The van der Waals surface area contributed by atoms with Crippen LogP contribution in [0, 0.1) is 12.4 Å². The zero-order chi connectivity index (χ0) is 24.5. The lowest BCUT2D eigenvalue weighted by Gasteiger charge is -2.17. The SMILES string of the molecule is [C-]#[N+]c1ccc(-c2nc(C(=O)N3CC[C@@H](N)C3)c(CCCO)n2-c2ccc(C3CC3)cc2)cc1F. The second-order valence-corrected chi connectivity index (χ2v) is 9.34. The number of carbonyl (C=O) groups is 1. The summed E-state index contributed by atoms with van der Waals surface area (Å²) in [7, 11) is 0. The summed E-state index contributed by atoms with van der Waals surface area (Å²) >= 11 is 0. The number of imidazole rings is 1. The second kappa shape index (κ2) is 9.61. The fourth-order valence-corrected chi connectivity index (χ4v) is 4.74. The molecule has 2 aliphatic rings. The molecular formula is C27H28FN5O2. The molecule has 1 aliphatic carbocycles. The highest BCUT2D eigenvalue weighted by molar-refractivity contribution is 5.95. The smallest absolute Gasteiger partial charge is 0.274 e. The highest BCUT2D eigenvalue weighted by atomic mass is 19.1. The van der Waals surface area contributed by atoms with Crippen molar-refractivity contribution in [3.05, 3.63) is 76.7 Å². The Balaban J connectivity index is 1.67. The van der Waals surface area contributed by atoms with E-state index in [2.05, 4.69) is 17.0 Å². The van der Waals surface area contributed by atoms with Gasteiger partial charge in [-0.25, -0.2) is 14.2 Å². The van der Waals surface area contributed by atoms with Crippen molar-refractivity contribution < 1.29 is 14.3 Å². The Morgan fingerprint density at radius 2 is 1.97 bits per heavy atom. The van der Waals surface area contributed by atoms with Gasteiger partial charge >= 0.3 is 0 Å². The Kier molecular flexibility index (Phi) is 6.37. The molecule has 3 aromatic rings. The van der Waals surface area contributed by atoms with E-state index in [-0.39, 0.29) is 24.2 Å². The molecule has 1 saturated carbocycles. The zero-order valence-electron chi connectivity index (χ0n) is 19.5. The maximum Gasteiger partial charge on any atom is 0.274 e. The molecule has 2 fully saturated rings. The lowest BCUT2D eigenvalue weighted by Crippen LogP contribution is -2.32. The Hall–Kier alpha value is -3.54. The Morgan fingerprint density at radius 1 is 1.20 bits per heavy atom. The van der Waals surface area contributed by atoms with Crippen molar-refractivity contribution in [3.63, 3.8) is 0 Å². The van der Waals surface area contributed by atoms with Gasteiger partial charge in [0.1, 0.15) is 11.6 Å². The fourth-order valence-electron chi connectivity index (χ4n) is 4.74. The van der Waals surface area contributed by atoms with Gasteiger partial charge in [-0.15, -0.1) is 0 Å². The average molecular weight is 474 g/mol. The number of amides is 1. The van der Waals surface area contributed by atoms with Crippen LogP contribution in [-0.4, -0.2) is 51.2 Å². The molecule has 180 valence electrons. The van der Waals surface area contributed by atoms with Crippen molar-refractivity contribution in [2.75, 3.05) is 19.7 Å². The van der Waals surface area contributed by atoms with E-state index in [9.17, 15) is 14.3 Å². The van der Waals surface area contributed by atoms with Gasteiger partial charge in [0.25, 0.3) is 5.91 Å². The van der Waals surface area contributed by atoms with Gasteiger partial charge in [0.2, 0.25) is 5.69 Å². The minimum absolute atomic E-state index is 0.0301. The standard InChI is InChI=1S/C27H28FN5O2/c1-30-23-11-8-19(15-22(23)28)26-31-25(27(35)32-13-12-20(29)16-32)24(3-2-14-34)33(26)21-9-6-18(7-10-21)17-4-5-17/h6-11,15,17,20,34H,2-5,12-14,16,29H2/t20-/m1/s1. The lowest BCUT2D eigenvalue weighted by molar-refractivity contribution is 0.0784. The van der Waals surface area contributed by atoms with Crippen molar-refractivity contribution in [3.8, 4) is 17.1 Å². The first-order valence-electron chi connectivity index (χ1n) is 12.0. The number of halogens is 1. The quantitative estimate of drug-likeness (QED) is 0.504. The van der Waals surface area contributed by atoms with Crippen LogP contribution in [0.5, 0.6) is 0 Å². The third-order valence-corrected chi connectivity index (χ3v) is 6.79. The average Bonchev–Trinajstić information content (AvgIpc) is 3.52. The number of likely N-dealkylation sites (tertiary alicyclic amines) is 1. The Labute approximate surface area is 203 Å². The van der Waals surface area contributed by atoms with Crippen LogP contribution in [0.3, 0.4) is 0 Å². The summed E-state index contributed by atoms with van der Waals surface area (Å²) in [6.45, 7) is 8.15. The molecule has 0 bridgehead atoms. The molecule has 8 heteroatoms. The van der Waals surface area contributed by atoms with Gasteiger partial charge in [0.05, 0.1) is 12.3 Å². The van der Waals surface area contributed by atoms with Crippen LogP contribution < -0.4 is 5.73 Å². The molecule has 1 atom stereocenters. The summed E-state index contributed by atoms with van der Waals surface area (Å²) in [5, 5.41) is 9.57. The number of carbonyl (C=O) groups excluding carboxylic acids is 1. The van der Waals surface area contributed by atoms with Crippen LogP contribution in [0.1, 0.15) is 53.3 Å². The van der Waals surface area contributed by atoms with Crippen LogP contribution in [0.2, 0.25) is 0 Å². The maximum atomic E-state index is 14.6. The normalized spacial score (nSPS) is 17.5. The van der Waals surface area contributed by atoms with E-state index in [1.807, 2.05) is 16.7 Å². The lowest BCUT2D eigenvalue weighted by atomic mass is 10.1. The first-order chi connectivity index (χ1) is 17.0. The highest BCUT2D eigenvalue weighted by Gasteiger charge is 2.31. The number of aliphatic hydroxyl groups excluding tert-OH is 1. The van der Waals surface area contributed by atoms with Crippen LogP contribution in [-0.2, 0) is 6.42 Å². The summed E-state index contributed by atoms with van der Waals surface area (Å²) in [6, 6.07) is 12.5. The van der Waals surface area contributed by atoms with Gasteiger partial charge in [-0.3, -0.25) is 9.36 Å². The molecule has 3 N–H and O–H groups in total. The van der Waals surface area contributed by atoms with Crippen molar-refractivity contribution in [1.82, 2.24) is 14.5 Å². The van der Waals surface area contributed by atoms with E-state index in [4.69, 9.17) is 17.3 Å². The molecule has 2 aromatic carbocycles. The minimum Gasteiger partial charge on any atom is -0.396 e. The summed E-state index contributed by atoms with van der Waals surface area (Å²) < 4.78 is 16.5. The van der Waals surface area contributed by atoms with Crippen molar-refractivity contribution in [2.45, 2.75) is 44.1 Å². The fraction of sp³-hybridized carbons (Fsp3) is 0.370. The number of nitrogens with zero attached hydrogens (tertiary/aromatic N) is 4. The molecule has 0 spiro atoms. The molecule has 0 radical (unpaired) electrons. The zero-order valence-corrected chi connectivity index (χ0v) is 19.5. The van der Waals surface area contributed by atoms with Crippen molar-refractivity contribution >= 4 is 11.6 Å². The van der Waals surface area contributed by atoms with E-state index in [1.54, 1.807) is 11.0 Å². The third kappa shape index (κ3) is 4.57. The molecule has 1 amide bonds. The summed E-state index contributed by atoms with van der Waals surface area (Å²) in [6.07, 6.45) is 4.01. The van der Waals surface area contributed by atoms with E-state index >= 15 is 0 Å². The number of benzene rings is 2. The summed E-state index contributed by atoms with van der Waals surface area (Å²) in [4.78, 5) is 23.2. The molecular weight excluding hydrogens is 445 g/mol. The van der Waals surface area contributed by atoms with Crippen LogP contribution in [0.4, 0.5) is 10.1 Å². The molecule has 7 nitrogen and oxygen atoms in total.